The van der Waals surface area contributed by atoms with Crippen molar-refractivity contribution >= 4 is 12.0 Å². The molecular weight excluding hydrogens is 470 g/mol. The van der Waals surface area contributed by atoms with Crippen LogP contribution in [0.15, 0.2) is 24.3 Å². The molecule has 8 nitrogen and oxygen atoms in total. The molecule has 1 aliphatic heterocycles. The Morgan fingerprint density at radius 3 is 2.75 bits per heavy atom. The van der Waals surface area contributed by atoms with Crippen LogP contribution in [0.3, 0.4) is 0 Å². The van der Waals surface area contributed by atoms with Crippen molar-refractivity contribution in [2.45, 2.75) is 83.1 Å². The van der Waals surface area contributed by atoms with Crippen LogP contribution in [-0.4, -0.2) is 58.6 Å². The van der Waals surface area contributed by atoms with E-state index in [4.69, 9.17) is 4.74 Å². The Bertz CT molecular complexity index is 1090. The number of nitrogens with zero attached hydrogens (tertiary/aromatic N) is 3. The van der Waals surface area contributed by atoms with E-state index in [1.165, 1.54) is 23.9 Å². The minimum Gasteiger partial charge on any atom is -0.453 e. The van der Waals surface area contributed by atoms with Gasteiger partial charge in [0.05, 0.1) is 24.9 Å². The fourth-order valence-electron chi connectivity index (χ4n) is 4.76. The SMILES string of the molecule is COC(=O)NCCCc1cc([C@@H](C)N(C(=O)[C@H]2CCC[C@@H](C)O2)C2CC2)nn1-c1cccc(F)c1F. The van der Waals surface area contributed by atoms with Crippen molar-refractivity contribution in [3.05, 3.63) is 47.3 Å². The molecule has 1 N–H and O–H groups in total. The van der Waals surface area contributed by atoms with Crippen molar-refractivity contribution in [1.82, 2.24) is 20.0 Å². The standard InChI is InChI=1S/C26H34F2N4O4/c1-16-7-4-11-23(36-16)25(33)31(18-12-13-18)17(2)21-15-19(8-6-14-29-26(34)35-3)32(30-21)22-10-5-9-20(27)24(22)28/h5,9-10,15-18,23H,4,6-8,11-14H2,1-3H3,(H,29,34)/t16-,17-,23-/m1/s1. The highest BCUT2D eigenvalue weighted by molar-refractivity contribution is 5.82. The van der Waals surface area contributed by atoms with Gasteiger partial charge in [0.1, 0.15) is 11.8 Å². The summed E-state index contributed by atoms with van der Waals surface area (Å²) in [5, 5.41) is 7.27. The molecule has 1 saturated heterocycles. The van der Waals surface area contributed by atoms with E-state index in [0.29, 0.717) is 37.2 Å². The number of ether oxygens (including phenoxy) is 2. The van der Waals surface area contributed by atoms with Gasteiger partial charge in [-0.1, -0.05) is 6.07 Å². The Balaban J connectivity index is 1.60. The first kappa shape index (κ1) is 26.1. The summed E-state index contributed by atoms with van der Waals surface area (Å²) in [5.41, 5.74) is 1.25. The van der Waals surface area contributed by atoms with Crippen LogP contribution in [0.25, 0.3) is 5.69 Å². The average molecular weight is 505 g/mol. The summed E-state index contributed by atoms with van der Waals surface area (Å²) in [4.78, 5) is 26.7. The molecule has 2 amide bonds. The average Bonchev–Trinajstić information content (AvgIpc) is 3.61. The number of rotatable bonds is 9. The van der Waals surface area contributed by atoms with Crippen LogP contribution in [-0.2, 0) is 20.7 Å². The minimum atomic E-state index is -0.992. The largest absolute Gasteiger partial charge is 0.453 e. The first-order chi connectivity index (χ1) is 17.3. The summed E-state index contributed by atoms with van der Waals surface area (Å²) in [6.07, 6.45) is 4.45. The summed E-state index contributed by atoms with van der Waals surface area (Å²) in [6.45, 7) is 4.25. The van der Waals surface area contributed by atoms with Crippen LogP contribution in [0.5, 0.6) is 0 Å². The number of methoxy groups -OCH3 is 1. The molecule has 36 heavy (non-hydrogen) atoms. The van der Waals surface area contributed by atoms with Crippen molar-refractivity contribution in [3.63, 3.8) is 0 Å². The van der Waals surface area contributed by atoms with E-state index >= 15 is 0 Å². The summed E-state index contributed by atoms with van der Waals surface area (Å²) >= 11 is 0. The number of hydrogen-bond acceptors (Lipinski definition) is 5. The van der Waals surface area contributed by atoms with Gasteiger partial charge in [-0.2, -0.15) is 5.10 Å². The molecule has 10 heteroatoms. The van der Waals surface area contributed by atoms with Gasteiger partial charge < -0.3 is 19.7 Å². The van der Waals surface area contributed by atoms with Crippen molar-refractivity contribution < 1.29 is 27.8 Å². The molecule has 1 aromatic heterocycles. The topological polar surface area (TPSA) is 85.7 Å². The van der Waals surface area contributed by atoms with Gasteiger partial charge in [0.2, 0.25) is 0 Å². The number of nitrogens with one attached hydrogen (secondary N) is 1. The molecule has 1 saturated carbocycles. The van der Waals surface area contributed by atoms with Crippen LogP contribution in [0.2, 0.25) is 0 Å². The summed E-state index contributed by atoms with van der Waals surface area (Å²) in [7, 11) is 1.29. The van der Waals surface area contributed by atoms with E-state index in [2.05, 4.69) is 15.2 Å². The second kappa shape index (κ2) is 11.4. The van der Waals surface area contributed by atoms with Crippen molar-refractivity contribution in [1.29, 1.82) is 0 Å². The lowest BCUT2D eigenvalue weighted by atomic mass is 10.0. The van der Waals surface area contributed by atoms with Gasteiger partial charge in [-0.05, 0) is 77.0 Å². The highest BCUT2D eigenvalue weighted by Gasteiger charge is 2.41. The molecule has 0 radical (unpaired) electrons. The third kappa shape index (κ3) is 5.86. The van der Waals surface area contributed by atoms with Crippen LogP contribution in [0, 0.1) is 11.6 Å². The Morgan fingerprint density at radius 1 is 1.28 bits per heavy atom. The molecule has 1 aromatic carbocycles. The zero-order valence-corrected chi connectivity index (χ0v) is 21.0. The molecular formula is C26H34F2N4O4. The molecule has 2 fully saturated rings. The van der Waals surface area contributed by atoms with E-state index in [0.717, 1.165) is 31.7 Å². The number of benzene rings is 1. The zero-order chi connectivity index (χ0) is 25.8. The van der Waals surface area contributed by atoms with Crippen LogP contribution in [0.4, 0.5) is 13.6 Å². The molecule has 4 rings (SSSR count). The minimum absolute atomic E-state index is 0.00175. The lowest BCUT2D eigenvalue weighted by molar-refractivity contribution is -0.154. The summed E-state index contributed by atoms with van der Waals surface area (Å²) in [6, 6.07) is 5.55. The molecule has 1 aliphatic carbocycles. The van der Waals surface area contributed by atoms with Crippen LogP contribution in [0.1, 0.15) is 69.8 Å². The third-order valence-corrected chi connectivity index (χ3v) is 6.81. The molecule has 0 spiro atoms. The van der Waals surface area contributed by atoms with Crippen molar-refractivity contribution in [2.75, 3.05) is 13.7 Å². The molecule has 196 valence electrons. The maximum absolute atomic E-state index is 14.7. The molecule has 0 unspecified atom stereocenters. The maximum atomic E-state index is 14.7. The van der Waals surface area contributed by atoms with Crippen molar-refractivity contribution in [2.24, 2.45) is 0 Å². The normalized spacial score (nSPS) is 20.6. The molecule has 3 atom stereocenters. The molecule has 2 aromatic rings. The van der Waals surface area contributed by atoms with E-state index in [1.54, 1.807) is 0 Å². The zero-order valence-electron chi connectivity index (χ0n) is 21.0. The highest BCUT2D eigenvalue weighted by atomic mass is 19.2. The van der Waals surface area contributed by atoms with E-state index in [9.17, 15) is 18.4 Å². The summed E-state index contributed by atoms with van der Waals surface area (Å²) in [5.74, 6) is -1.99. The molecule has 2 aliphatic rings. The third-order valence-electron chi connectivity index (χ3n) is 6.81. The maximum Gasteiger partial charge on any atom is 0.406 e. The Labute approximate surface area is 209 Å². The monoisotopic (exact) mass is 504 g/mol. The van der Waals surface area contributed by atoms with Gasteiger partial charge in [-0.3, -0.25) is 4.79 Å². The number of aryl methyl sites for hydroxylation is 1. The predicted octanol–water partition coefficient (Wildman–Crippen LogP) is 4.45. The smallest absolute Gasteiger partial charge is 0.406 e. The van der Waals surface area contributed by atoms with Gasteiger partial charge >= 0.3 is 6.09 Å². The second-order valence-electron chi connectivity index (χ2n) is 9.59. The van der Waals surface area contributed by atoms with Gasteiger partial charge in [-0.15, -0.1) is 0 Å². The first-order valence-corrected chi connectivity index (χ1v) is 12.6. The second-order valence-corrected chi connectivity index (χ2v) is 9.59. The molecule has 2 heterocycles. The quantitative estimate of drug-likeness (QED) is 0.510. The van der Waals surface area contributed by atoms with Crippen molar-refractivity contribution in [3.8, 4) is 5.69 Å². The number of hydrogen-bond donors (Lipinski definition) is 1. The predicted molar refractivity (Wildman–Crippen MR) is 129 cm³/mol. The van der Waals surface area contributed by atoms with Gasteiger partial charge in [0.15, 0.2) is 11.6 Å². The number of aromatic nitrogens is 2. The van der Waals surface area contributed by atoms with E-state index in [1.807, 2.05) is 24.8 Å². The number of carbonyl (C=O) groups excluding carboxylic acids is 2. The van der Waals surface area contributed by atoms with Gasteiger partial charge in [0, 0.05) is 18.3 Å². The highest BCUT2D eigenvalue weighted by Crippen LogP contribution is 2.36. The fraction of sp³-hybridized carbons (Fsp3) is 0.577. The number of amides is 2. The number of halogens is 2. The van der Waals surface area contributed by atoms with Gasteiger partial charge in [0.25, 0.3) is 5.91 Å². The first-order valence-electron chi connectivity index (χ1n) is 12.6. The lowest BCUT2D eigenvalue weighted by Crippen LogP contribution is -2.45. The van der Waals surface area contributed by atoms with Gasteiger partial charge in [-0.25, -0.2) is 18.3 Å². The van der Waals surface area contributed by atoms with E-state index in [-0.39, 0.29) is 29.8 Å². The number of alkyl carbamates (subject to hydrolysis) is 1. The van der Waals surface area contributed by atoms with Crippen LogP contribution < -0.4 is 5.32 Å². The van der Waals surface area contributed by atoms with Crippen LogP contribution >= 0.6 is 0 Å². The van der Waals surface area contributed by atoms with E-state index < -0.39 is 23.8 Å². The fourth-order valence-corrected chi connectivity index (χ4v) is 4.76. The summed E-state index contributed by atoms with van der Waals surface area (Å²) < 4.78 is 40.7. The molecule has 0 bridgehead atoms. The Morgan fingerprint density at radius 2 is 2.06 bits per heavy atom. The Hall–Kier alpha value is -3.01. The Kier molecular flexibility index (Phi) is 8.23. The number of carbonyl (C=O) groups is 2. The lowest BCUT2D eigenvalue weighted by Gasteiger charge is -2.35.